The maximum Gasteiger partial charge on any atom is 0.191 e. The van der Waals surface area contributed by atoms with Crippen LogP contribution in [-0.4, -0.2) is 26.1 Å². The molecule has 22 heavy (non-hydrogen) atoms. The third-order valence-electron chi connectivity index (χ3n) is 5.65. The Balaban J connectivity index is 2.11. The molecule has 3 heteroatoms. The SMILES string of the molecule is CC(C)(C)[Si](C)(C)OC[C@H]1CCCC(O)[C@@H]1c1ccccc1. The predicted molar refractivity (Wildman–Crippen MR) is 95.7 cm³/mol. The smallest absolute Gasteiger partial charge is 0.191 e. The summed E-state index contributed by atoms with van der Waals surface area (Å²) in [6.07, 6.45) is 2.95. The average Bonchev–Trinajstić information content (AvgIpc) is 2.45. The first-order valence-electron chi connectivity index (χ1n) is 8.59. The molecule has 1 N–H and O–H groups in total. The zero-order valence-electron chi connectivity index (χ0n) is 14.8. The zero-order chi connectivity index (χ0) is 16.4. The number of benzene rings is 1. The van der Waals surface area contributed by atoms with Gasteiger partial charge in [-0.3, -0.25) is 0 Å². The molecule has 0 aliphatic heterocycles. The van der Waals surface area contributed by atoms with Gasteiger partial charge in [-0.25, -0.2) is 0 Å². The van der Waals surface area contributed by atoms with Crippen molar-refractivity contribution >= 4 is 8.32 Å². The molecular formula is C19H32O2Si. The van der Waals surface area contributed by atoms with E-state index in [1.807, 2.05) is 6.07 Å². The maximum atomic E-state index is 10.5. The van der Waals surface area contributed by atoms with Crippen LogP contribution in [0.25, 0.3) is 0 Å². The van der Waals surface area contributed by atoms with Crippen molar-refractivity contribution in [2.45, 2.75) is 70.2 Å². The van der Waals surface area contributed by atoms with Gasteiger partial charge >= 0.3 is 0 Å². The minimum atomic E-state index is -1.72. The van der Waals surface area contributed by atoms with Gasteiger partial charge in [0.05, 0.1) is 6.10 Å². The Morgan fingerprint density at radius 1 is 1.14 bits per heavy atom. The van der Waals surface area contributed by atoms with Crippen molar-refractivity contribution in [3.63, 3.8) is 0 Å². The van der Waals surface area contributed by atoms with E-state index >= 15 is 0 Å². The molecule has 0 spiro atoms. The summed E-state index contributed by atoms with van der Waals surface area (Å²) in [4.78, 5) is 0. The van der Waals surface area contributed by atoms with E-state index in [2.05, 4.69) is 58.1 Å². The van der Waals surface area contributed by atoms with Crippen molar-refractivity contribution in [1.29, 1.82) is 0 Å². The summed E-state index contributed by atoms with van der Waals surface area (Å²) in [7, 11) is -1.72. The van der Waals surface area contributed by atoms with Gasteiger partial charge in [0.1, 0.15) is 0 Å². The molecule has 1 aliphatic rings. The van der Waals surface area contributed by atoms with Gasteiger partial charge in [-0.15, -0.1) is 0 Å². The molecule has 124 valence electrons. The Morgan fingerprint density at radius 3 is 2.36 bits per heavy atom. The van der Waals surface area contributed by atoms with Crippen LogP contribution in [-0.2, 0) is 4.43 Å². The molecule has 0 radical (unpaired) electrons. The first-order chi connectivity index (χ1) is 10.2. The number of rotatable bonds is 4. The molecule has 1 saturated carbocycles. The van der Waals surface area contributed by atoms with Crippen LogP contribution in [0.4, 0.5) is 0 Å². The molecule has 2 rings (SSSR count). The van der Waals surface area contributed by atoms with Gasteiger partial charge in [-0.05, 0) is 42.5 Å². The third-order valence-corrected chi connectivity index (χ3v) is 10.1. The lowest BCUT2D eigenvalue weighted by molar-refractivity contribution is 0.0515. The monoisotopic (exact) mass is 320 g/mol. The second-order valence-electron chi connectivity index (χ2n) is 8.27. The minimum Gasteiger partial charge on any atom is -0.417 e. The fourth-order valence-electron chi connectivity index (χ4n) is 3.15. The molecule has 0 aromatic heterocycles. The fourth-order valence-corrected chi connectivity index (χ4v) is 4.21. The molecule has 1 fully saturated rings. The Bertz CT molecular complexity index is 464. The molecule has 3 atom stereocenters. The normalized spacial score (nSPS) is 26.9. The van der Waals surface area contributed by atoms with E-state index in [1.54, 1.807) is 0 Å². The highest BCUT2D eigenvalue weighted by Crippen LogP contribution is 2.41. The summed E-state index contributed by atoms with van der Waals surface area (Å²) in [5.41, 5.74) is 1.26. The molecule has 2 nitrogen and oxygen atoms in total. The molecule has 0 heterocycles. The number of hydrogen-bond acceptors (Lipinski definition) is 2. The lowest BCUT2D eigenvalue weighted by Crippen LogP contribution is -2.43. The highest BCUT2D eigenvalue weighted by atomic mass is 28.4. The Labute approximate surface area is 137 Å². The minimum absolute atomic E-state index is 0.222. The Morgan fingerprint density at radius 2 is 1.77 bits per heavy atom. The van der Waals surface area contributed by atoms with Crippen LogP contribution in [0.2, 0.25) is 18.1 Å². The van der Waals surface area contributed by atoms with Gasteiger partial charge in [-0.1, -0.05) is 57.5 Å². The number of aliphatic hydroxyl groups is 1. The molecule has 1 unspecified atom stereocenters. The first kappa shape index (κ1) is 17.7. The van der Waals surface area contributed by atoms with Crippen LogP contribution < -0.4 is 0 Å². The van der Waals surface area contributed by atoms with E-state index < -0.39 is 8.32 Å². The van der Waals surface area contributed by atoms with Gasteiger partial charge in [0, 0.05) is 12.5 Å². The van der Waals surface area contributed by atoms with Crippen molar-refractivity contribution in [3.05, 3.63) is 35.9 Å². The van der Waals surface area contributed by atoms with Gasteiger partial charge in [0.25, 0.3) is 0 Å². The lowest BCUT2D eigenvalue weighted by atomic mass is 9.74. The summed E-state index contributed by atoms with van der Waals surface area (Å²) >= 11 is 0. The summed E-state index contributed by atoms with van der Waals surface area (Å²) in [5, 5.41) is 10.8. The van der Waals surface area contributed by atoms with Crippen LogP contribution in [0.3, 0.4) is 0 Å². The second kappa shape index (κ2) is 6.86. The molecular weight excluding hydrogens is 288 g/mol. The van der Waals surface area contributed by atoms with Gasteiger partial charge in [-0.2, -0.15) is 0 Å². The van der Waals surface area contributed by atoms with Crippen LogP contribution in [0.15, 0.2) is 30.3 Å². The van der Waals surface area contributed by atoms with Gasteiger partial charge in [0.2, 0.25) is 0 Å². The summed E-state index contributed by atoms with van der Waals surface area (Å²) in [6, 6.07) is 10.5. The molecule has 0 amide bonds. The predicted octanol–water partition coefficient (Wildman–Crippen LogP) is 4.95. The summed E-state index contributed by atoms with van der Waals surface area (Å²) in [5.74, 6) is 0.653. The molecule has 1 aromatic carbocycles. The van der Waals surface area contributed by atoms with Crippen LogP contribution in [0, 0.1) is 5.92 Å². The van der Waals surface area contributed by atoms with Crippen LogP contribution in [0.1, 0.15) is 51.5 Å². The van der Waals surface area contributed by atoms with Crippen molar-refractivity contribution in [3.8, 4) is 0 Å². The largest absolute Gasteiger partial charge is 0.417 e. The first-order valence-corrected chi connectivity index (χ1v) is 11.5. The quantitative estimate of drug-likeness (QED) is 0.795. The topological polar surface area (TPSA) is 29.5 Å². The van der Waals surface area contributed by atoms with E-state index in [4.69, 9.17) is 4.43 Å². The number of hydrogen-bond donors (Lipinski definition) is 1. The third kappa shape index (κ3) is 4.00. The highest BCUT2D eigenvalue weighted by Gasteiger charge is 2.40. The average molecular weight is 321 g/mol. The lowest BCUT2D eigenvalue weighted by Gasteiger charge is -2.41. The van der Waals surface area contributed by atoms with Crippen molar-refractivity contribution in [2.24, 2.45) is 5.92 Å². The second-order valence-corrected chi connectivity index (χ2v) is 13.1. The fraction of sp³-hybridized carbons (Fsp3) is 0.684. The van der Waals surface area contributed by atoms with Crippen LogP contribution in [0.5, 0.6) is 0 Å². The summed E-state index contributed by atoms with van der Waals surface area (Å²) < 4.78 is 6.46. The number of aliphatic hydroxyl groups excluding tert-OH is 1. The molecule has 1 aromatic rings. The van der Waals surface area contributed by atoms with Gasteiger partial charge in [0.15, 0.2) is 8.32 Å². The zero-order valence-corrected chi connectivity index (χ0v) is 15.8. The maximum absolute atomic E-state index is 10.5. The summed E-state index contributed by atoms with van der Waals surface area (Å²) in [6.45, 7) is 12.2. The Kier molecular flexibility index (Phi) is 5.52. The molecule has 0 saturated heterocycles. The Hall–Kier alpha value is -0.643. The van der Waals surface area contributed by atoms with Crippen molar-refractivity contribution in [1.82, 2.24) is 0 Å². The van der Waals surface area contributed by atoms with Crippen molar-refractivity contribution < 1.29 is 9.53 Å². The van der Waals surface area contributed by atoms with E-state index in [0.29, 0.717) is 5.92 Å². The molecule has 1 aliphatic carbocycles. The standard InChI is InChI=1S/C19H32O2Si/c1-19(2,3)22(4,5)21-14-16-12-9-13-17(20)18(16)15-10-7-6-8-11-15/h6-8,10-11,16-18,20H,9,12-14H2,1-5H3/t16-,17?,18-/m1/s1. The van der Waals surface area contributed by atoms with E-state index in [9.17, 15) is 5.11 Å². The van der Waals surface area contributed by atoms with Crippen molar-refractivity contribution in [2.75, 3.05) is 6.61 Å². The van der Waals surface area contributed by atoms with E-state index in [-0.39, 0.29) is 17.1 Å². The highest BCUT2D eigenvalue weighted by molar-refractivity contribution is 6.74. The van der Waals surface area contributed by atoms with E-state index in [1.165, 1.54) is 5.56 Å². The van der Waals surface area contributed by atoms with Gasteiger partial charge < -0.3 is 9.53 Å². The van der Waals surface area contributed by atoms with E-state index in [0.717, 1.165) is 25.9 Å². The van der Waals surface area contributed by atoms with Crippen LogP contribution >= 0.6 is 0 Å². The molecule has 0 bridgehead atoms.